The number of hydrogen-bond donors (Lipinski definition) is 1. The highest BCUT2D eigenvalue weighted by atomic mass is 127. The van der Waals surface area contributed by atoms with Crippen LogP contribution in [0.1, 0.15) is 46.8 Å². The molecule has 5 rings (SSSR count). The zero-order chi connectivity index (χ0) is 23.5. The van der Waals surface area contributed by atoms with E-state index in [0.29, 0.717) is 24.5 Å². The first-order chi connectivity index (χ1) is 15.6. The molecule has 2 amide bonds. The van der Waals surface area contributed by atoms with Crippen molar-refractivity contribution >= 4 is 34.4 Å². The van der Waals surface area contributed by atoms with Gasteiger partial charge in [-0.1, -0.05) is 18.2 Å². The van der Waals surface area contributed by atoms with E-state index in [4.69, 9.17) is 0 Å². The van der Waals surface area contributed by atoms with Crippen molar-refractivity contribution in [3.8, 4) is 0 Å². The van der Waals surface area contributed by atoms with Gasteiger partial charge in [0.05, 0.1) is 11.6 Å². The highest BCUT2D eigenvalue weighted by Crippen LogP contribution is 2.49. The third-order valence-corrected chi connectivity index (χ3v) is 7.11. The molecule has 9 heteroatoms. The highest BCUT2D eigenvalue weighted by Gasteiger charge is 2.56. The number of alkyl halides is 3. The van der Waals surface area contributed by atoms with Gasteiger partial charge in [-0.3, -0.25) is 9.59 Å². The van der Waals surface area contributed by atoms with Crippen LogP contribution in [0.25, 0.3) is 0 Å². The molecule has 2 fully saturated rings. The number of hydrogen-bond acceptors (Lipinski definition) is 2. The van der Waals surface area contributed by atoms with Gasteiger partial charge in [0.1, 0.15) is 11.9 Å². The maximum absolute atomic E-state index is 14.2. The number of allylic oxidation sites excluding steroid dienone is 1. The highest BCUT2D eigenvalue weighted by molar-refractivity contribution is 14.1. The smallest absolute Gasteiger partial charge is 0.344 e. The molecule has 4 nitrogen and oxygen atoms in total. The van der Waals surface area contributed by atoms with Crippen LogP contribution in [-0.4, -0.2) is 28.8 Å². The molecule has 2 aromatic carbocycles. The summed E-state index contributed by atoms with van der Waals surface area (Å²) in [5.41, 5.74) is 0.224. The summed E-state index contributed by atoms with van der Waals surface area (Å²) in [5, 5.41) is 2.86. The number of carbonyl (C=O) groups is 2. The number of amides is 2. The topological polar surface area (TPSA) is 49.4 Å². The number of likely N-dealkylation sites (tertiary alicyclic amines) is 1. The molecular weight excluding hydrogens is 551 g/mol. The average Bonchev–Trinajstić information content (AvgIpc) is 3.68. The van der Waals surface area contributed by atoms with Crippen LogP contribution >= 0.6 is 22.6 Å². The minimum Gasteiger partial charge on any atom is -0.344 e. The summed E-state index contributed by atoms with van der Waals surface area (Å²) < 4.78 is 53.9. The maximum Gasteiger partial charge on any atom is 0.419 e. The zero-order valence-corrected chi connectivity index (χ0v) is 19.4. The molecule has 1 unspecified atom stereocenters. The van der Waals surface area contributed by atoms with E-state index in [2.05, 4.69) is 27.9 Å². The van der Waals surface area contributed by atoms with Crippen molar-refractivity contribution in [1.82, 2.24) is 10.2 Å². The molecule has 1 saturated carbocycles. The van der Waals surface area contributed by atoms with Gasteiger partial charge >= 0.3 is 6.18 Å². The number of piperidine rings is 1. The molecule has 1 heterocycles. The molecule has 1 saturated heterocycles. The maximum atomic E-state index is 14.2. The molecule has 172 valence electrons. The quantitative estimate of drug-likeness (QED) is 0.304. The number of nitrogens with zero attached hydrogens (tertiary/aromatic N) is 1. The van der Waals surface area contributed by atoms with E-state index >= 15 is 0 Å². The monoisotopic (exact) mass is 570 g/mol. The lowest BCUT2D eigenvalue weighted by Crippen LogP contribution is -2.48. The lowest BCUT2D eigenvalue weighted by molar-refractivity contribution is -0.140. The summed E-state index contributed by atoms with van der Waals surface area (Å²) in [6.45, 7) is 0. The summed E-state index contributed by atoms with van der Waals surface area (Å²) >= 11 is 2.13. The van der Waals surface area contributed by atoms with Gasteiger partial charge in [-0.05, 0) is 89.2 Å². The molecule has 2 aromatic rings. The molecule has 0 radical (unpaired) electrons. The molecule has 1 aliphatic heterocycles. The summed E-state index contributed by atoms with van der Waals surface area (Å²) in [7, 11) is 0. The summed E-state index contributed by atoms with van der Waals surface area (Å²) in [4.78, 5) is 28.1. The van der Waals surface area contributed by atoms with E-state index < -0.39 is 29.6 Å². The fourth-order valence-electron chi connectivity index (χ4n) is 4.62. The predicted octanol–water partition coefficient (Wildman–Crippen LogP) is 5.24. The summed E-state index contributed by atoms with van der Waals surface area (Å²) in [5.74, 6) is -1.69. The first kappa shape index (κ1) is 22.4. The lowest BCUT2D eigenvalue weighted by Gasteiger charge is -2.29. The van der Waals surface area contributed by atoms with Crippen LogP contribution in [0.3, 0.4) is 0 Å². The first-order valence-corrected chi connectivity index (χ1v) is 11.7. The number of rotatable bonds is 5. The molecule has 0 spiro atoms. The van der Waals surface area contributed by atoms with Gasteiger partial charge < -0.3 is 10.2 Å². The Morgan fingerprint density at radius 2 is 1.88 bits per heavy atom. The normalized spacial score (nSPS) is 24.1. The Balaban J connectivity index is 1.37. The largest absolute Gasteiger partial charge is 0.419 e. The van der Waals surface area contributed by atoms with E-state index in [0.717, 1.165) is 21.6 Å². The Bertz CT molecular complexity index is 1180. The van der Waals surface area contributed by atoms with Gasteiger partial charge in [0.25, 0.3) is 5.91 Å². The van der Waals surface area contributed by atoms with Crippen LogP contribution in [0.15, 0.2) is 54.1 Å². The van der Waals surface area contributed by atoms with Gasteiger partial charge in [0.2, 0.25) is 5.91 Å². The third-order valence-electron chi connectivity index (χ3n) is 6.44. The van der Waals surface area contributed by atoms with Crippen LogP contribution in [0.4, 0.5) is 17.6 Å². The van der Waals surface area contributed by atoms with Gasteiger partial charge in [-0.2, -0.15) is 13.2 Å². The van der Waals surface area contributed by atoms with Gasteiger partial charge in [-0.25, -0.2) is 4.39 Å². The van der Waals surface area contributed by atoms with Crippen molar-refractivity contribution < 1.29 is 27.2 Å². The third kappa shape index (κ3) is 4.39. The molecule has 1 N–H and O–H groups in total. The number of fused-ring (bicyclic) bond motifs is 1. The first-order valence-electron chi connectivity index (χ1n) is 10.6. The SMILES string of the molecule is O=C(N[C@H](C1=CC1)c1ccc(C(F)(F)F)c(F)c1)[C@H]1CC2C[C@H]2N1C(=O)c1cccc(I)c1. The summed E-state index contributed by atoms with van der Waals surface area (Å²) in [6.07, 6.45) is -0.964. The predicted molar refractivity (Wildman–Crippen MR) is 121 cm³/mol. The number of carbonyl (C=O) groups excluding carboxylic acids is 2. The van der Waals surface area contributed by atoms with Crippen molar-refractivity contribution in [3.05, 3.63) is 80.2 Å². The van der Waals surface area contributed by atoms with E-state index in [1.54, 1.807) is 23.1 Å². The number of nitrogens with one attached hydrogen (secondary N) is 1. The molecule has 0 aromatic heterocycles. The Hall–Kier alpha value is -2.43. The van der Waals surface area contributed by atoms with Crippen LogP contribution in [-0.2, 0) is 11.0 Å². The van der Waals surface area contributed by atoms with Gasteiger partial charge in [0, 0.05) is 15.2 Å². The van der Waals surface area contributed by atoms with Crippen molar-refractivity contribution in [1.29, 1.82) is 0 Å². The van der Waals surface area contributed by atoms with E-state index in [1.165, 1.54) is 6.07 Å². The van der Waals surface area contributed by atoms with Gasteiger partial charge in [0.15, 0.2) is 0 Å². The van der Waals surface area contributed by atoms with Gasteiger partial charge in [-0.15, -0.1) is 0 Å². The second kappa shape index (κ2) is 8.11. The molecule has 4 atom stereocenters. The second-order valence-corrected chi connectivity index (χ2v) is 9.94. The number of halogens is 5. The van der Waals surface area contributed by atoms with E-state index in [-0.39, 0.29) is 29.3 Å². The summed E-state index contributed by atoms with van der Waals surface area (Å²) in [6, 6.07) is 8.51. The van der Waals surface area contributed by atoms with Crippen LogP contribution in [0, 0.1) is 15.3 Å². The minimum absolute atomic E-state index is 0.0215. The van der Waals surface area contributed by atoms with Crippen molar-refractivity contribution in [2.45, 2.75) is 43.6 Å². The lowest BCUT2D eigenvalue weighted by atomic mass is 10.0. The van der Waals surface area contributed by atoms with Crippen LogP contribution in [0.2, 0.25) is 0 Å². The molecular formula is C24H19F4IN2O2. The van der Waals surface area contributed by atoms with E-state index in [9.17, 15) is 27.2 Å². The average molecular weight is 570 g/mol. The standard InChI is InChI=1S/C24H19F4IN2O2/c25-18-9-13(6-7-17(18)24(26,27)28)21(12-4-5-12)30-22(32)20-11-15-10-19(15)31(20)23(33)14-2-1-3-16(29)8-14/h1-4,6-9,15,19-21H,5,10-11H2,(H,30,32)/t15?,19-,20-,21-/m1/s1. The Morgan fingerprint density at radius 3 is 2.52 bits per heavy atom. The minimum atomic E-state index is -4.79. The number of benzene rings is 2. The fraction of sp³-hybridized carbons (Fsp3) is 0.333. The Morgan fingerprint density at radius 1 is 1.12 bits per heavy atom. The molecule has 2 aliphatic carbocycles. The molecule has 3 aliphatic rings. The van der Waals surface area contributed by atoms with Crippen molar-refractivity contribution in [2.75, 3.05) is 0 Å². The molecule has 0 bridgehead atoms. The second-order valence-electron chi connectivity index (χ2n) is 8.70. The van der Waals surface area contributed by atoms with Crippen LogP contribution in [0.5, 0.6) is 0 Å². The van der Waals surface area contributed by atoms with Crippen LogP contribution < -0.4 is 5.32 Å². The van der Waals surface area contributed by atoms with Crippen molar-refractivity contribution in [2.24, 2.45) is 5.92 Å². The van der Waals surface area contributed by atoms with Crippen molar-refractivity contribution in [3.63, 3.8) is 0 Å². The Kier molecular flexibility index (Phi) is 5.49. The van der Waals surface area contributed by atoms with E-state index in [1.807, 2.05) is 12.1 Å². The fourth-order valence-corrected chi connectivity index (χ4v) is 5.16. The zero-order valence-electron chi connectivity index (χ0n) is 17.2. The molecule has 33 heavy (non-hydrogen) atoms. The Labute approximate surface area is 201 Å².